The lowest BCUT2D eigenvalue weighted by Crippen LogP contribution is -2.53. The minimum Gasteiger partial charge on any atom is -0.491 e. The lowest BCUT2D eigenvalue weighted by Gasteiger charge is -2.31. The Bertz CT molecular complexity index is 1090. The van der Waals surface area contributed by atoms with Crippen molar-refractivity contribution in [3.63, 3.8) is 0 Å². The molecule has 32 heavy (non-hydrogen) atoms. The molecule has 3 amide bonds. The van der Waals surface area contributed by atoms with Gasteiger partial charge in [0.15, 0.2) is 0 Å². The van der Waals surface area contributed by atoms with Crippen molar-refractivity contribution in [1.82, 2.24) is 15.1 Å². The lowest BCUT2D eigenvalue weighted by molar-refractivity contribution is -0.142. The van der Waals surface area contributed by atoms with E-state index in [1.807, 2.05) is 36.4 Å². The van der Waals surface area contributed by atoms with Crippen LogP contribution < -0.4 is 10.1 Å². The first kappa shape index (κ1) is 20.5. The van der Waals surface area contributed by atoms with Crippen LogP contribution in [0.4, 0.5) is 0 Å². The molecule has 166 valence electrons. The number of β-amino-alcohol motifs (C(OH)–C–C–N with tert-alkyl or cyclic N) is 1. The SMILES string of the molecule is C[C@@H](C(=O)N1C[C@H](O)C[C@H]1C(=O)N[C@@H]1COc2ccccc21)N1Cc2ccccc2C1=O. The van der Waals surface area contributed by atoms with Crippen molar-refractivity contribution < 1.29 is 24.2 Å². The minimum absolute atomic E-state index is 0.0635. The van der Waals surface area contributed by atoms with Gasteiger partial charge in [-0.3, -0.25) is 14.4 Å². The second-order valence-corrected chi connectivity index (χ2v) is 8.57. The molecule has 4 atom stereocenters. The number of ether oxygens (including phenoxy) is 1. The van der Waals surface area contributed by atoms with Crippen LogP contribution >= 0.6 is 0 Å². The Labute approximate surface area is 185 Å². The Hall–Kier alpha value is -3.39. The first-order valence-electron chi connectivity index (χ1n) is 10.8. The van der Waals surface area contributed by atoms with E-state index in [1.165, 1.54) is 9.80 Å². The molecule has 0 aromatic heterocycles. The molecule has 1 saturated heterocycles. The highest BCUT2D eigenvalue weighted by Crippen LogP contribution is 2.32. The van der Waals surface area contributed by atoms with Gasteiger partial charge >= 0.3 is 0 Å². The smallest absolute Gasteiger partial charge is 0.255 e. The molecule has 2 N–H and O–H groups in total. The number of fused-ring (bicyclic) bond motifs is 2. The van der Waals surface area contributed by atoms with Gasteiger partial charge in [-0.2, -0.15) is 0 Å². The summed E-state index contributed by atoms with van der Waals surface area (Å²) in [6.07, 6.45) is -0.631. The number of hydrogen-bond acceptors (Lipinski definition) is 5. The monoisotopic (exact) mass is 435 g/mol. The highest BCUT2D eigenvalue weighted by Gasteiger charge is 2.44. The number of aliphatic hydroxyl groups excluding tert-OH is 1. The van der Waals surface area contributed by atoms with Crippen LogP contribution in [-0.4, -0.2) is 64.0 Å². The van der Waals surface area contributed by atoms with Crippen molar-refractivity contribution in [3.05, 3.63) is 65.2 Å². The number of benzene rings is 2. The lowest BCUT2D eigenvalue weighted by atomic mass is 10.1. The van der Waals surface area contributed by atoms with Gasteiger partial charge in [-0.1, -0.05) is 36.4 Å². The summed E-state index contributed by atoms with van der Waals surface area (Å²) in [6.45, 7) is 2.41. The molecule has 3 aliphatic heterocycles. The number of carbonyl (C=O) groups is 3. The van der Waals surface area contributed by atoms with Gasteiger partial charge in [0.05, 0.1) is 12.1 Å². The second-order valence-electron chi connectivity index (χ2n) is 8.57. The summed E-state index contributed by atoms with van der Waals surface area (Å²) in [5.74, 6) is -0.130. The van der Waals surface area contributed by atoms with Gasteiger partial charge in [0, 0.05) is 30.6 Å². The fourth-order valence-corrected chi connectivity index (χ4v) is 4.82. The zero-order valence-corrected chi connectivity index (χ0v) is 17.7. The van der Waals surface area contributed by atoms with Gasteiger partial charge in [0.1, 0.15) is 24.4 Å². The van der Waals surface area contributed by atoms with Crippen molar-refractivity contribution in [2.75, 3.05) is 13.2 Å². The zero-order valence-electron chi connectivity index (χ0n) is 17.7. The number of nitrogens with zero attached hydrogens (tertiary/aromatic N) is 2. The molecule has 0 unspecified atom stereocenters. The highest BCUT2D eigenvalue weighted by atomic mass is 16.5. The van der Waals surface area contributed by atoms with Gasteiger partial charge in [-0.05, 0) is 24.6 Å². The summed E-state index contributed by atoms with van der Waals surface area (Å²) in [5, 5.41) is 13.2. The van der Waals surface area contributed by atoms with E-state index in [2.05, 4.69) is 5.32 Å². The molecule has 8 heteroatoms. The topological polar surface area (TPSA) is 99.2 Å². The van der Waals surface area contributed by atoms with E-state index in [-0.39, 0.29) is 36.7 Å². The number of aliphatic hydroxyl groups is 1. The van der Waals surface area contributed by atoms with E-state index in [4.69, 9.17) is 4.74 Å². The normalized spacial score (nSPS) is 24.7. The average Bonchev–Trinajstić information content (AvgIpc) is 3.49. The summed E-state index contributed by atoms with van der Waals surface area (Å²) in [7, 11) is 0. The molecule has 0 saturated carbocycles. The van der Waals surface area contributed by atoms with Crippen molar-refractivity contribution in [3.8, 4) is 5.75 Å². The molecule has 0 bridgehead atoms. The Balaban J connectivity index is 1.30. The molecule has 2 aromatic carbocycles. The van der Waals surface area contributed by atoms with Crippen LogP contribution in [0.25, 0.3) is 0 Å². The number of carbonyl (C=O) groups excluding carboxylic acids is 3. The van der Waals surface area contributed by atoms with Crippen LogP contribution in [0.15, 0.2) is 48.5 Å². The van der Waals surface area contributed by atoms with Gasteiger partial charge in [0.2, 0.25) is 11.8 Å². The Morgan fingerprint density at radius 2 is 1.91 bits per heavy atom. The van der Waals surface area contributed by atoms with E-state index < -0.39 is 18.2 Å². The summed E-state index contributed by atoms with van der Waals surface area (Å²) >= 11 is 0. The van der Waals surface area contributed by atoms with Crippen LogP contribution in [0.2, 0.25) is 0 Å². The molecule has 0 spiro atoms. The fraction of sp³-hybridized carbons (Fsp3) is 0.375. The third-order valence-electron chi connectivity index (χ3n) is 6.56. The number of amides is 3. The summed E-state index contributed by atoms with van der Waals surface area (Å²) in [5.41, 5.74) is 2.38. The van der Waals surface area contributed by atoms with E-state index in [1.54, 1.807) is 19.1 Å². The van der Waals surface area contributed by atoms with E-state index in [0.717, 1.165) is 16.9 Å². The highest BCUT2D eigenvalue weighted by molar-refractivity contribution is 6.01. The maximum atomic E-state index is 13.3. The number of rotatable bonds is 4. The molecule has 0 radical (unpaired) electrons. The number of para-hydroxylation sites is 1. The molecule has 0 aliphatic carbocycles. The maximum absolute atomic E-state index is 13.3. The molecule has 8 nitrogen and oxygen atoms in total. The van der Waals surface area contributed by atoms with E-state index in [9.17, 15) is 19.5 Å². The van der Waals surface area contributed by atoms with Gasteiger partial charge in [-0.15, -0.1) is 0 Å². The van der Waals surface area contributed by atoms with Gasteiger partial charge in [0.25, 0.3) is 5.91 Å². The largest absolute Gasteiger partial charge is 0.491 e. The maximum Gasteiger partial charge on any atom is 0.255 e. The molecule has 1 fully saturated rings. The Kier molecular flexibility index (Phi) is 5.09. The predicted molar refractivity (Wildman–Crippen MR) is 115 cm³/mol. The predicted octanol–water partition coefficient (Wildman–Crippen LogP) is 1.24. The summed E-state index contributed by atoms with van der Waals surface area (Å²) in [4.78, 5) is 42.2. The van der Waals surface area contributed by atoms with Crippen molar-refractivity contribution in [2.45, 2.75) is 44.1 Å². The molecule has 3 heterocycles. The third-order valence-corrected chi connectivity index (χ3v) is 6.56. The van der Waals surface area contributed by atoms with Crippen LogP contribution in [0.5, 0.6) is 5.75 Å². The summed E-state index contributed by atoms with van der Waals surface area (Å²) < 4.78 is 5.63. The van der Waals surface area contributed by atoms with Crippen molar-refractivity contribution in [2.24, 2.45) is 0 Å². The van der Waals surface area contributed by atoms with Crippen molar-refractivity contribution >= 4 is 17.7 Å². The minimum atomic E-state index is -0.798. The first-order chi connectivity index (χ1) is 15.4. The van der Waals surface area contributed by atoms with Crippen LogP contribution in [-0.2, 0) is 16.1 Å². The van der Waals surface area contributed by atoms with Crippen LogP contribution in [0.3, 0.4) is 0 Å². The van der Waals surface area contributed by atoms with Crippen LogP contribution in [0, 0.1) is 0 Å². The second kappa shape index (κ2) is 7.94. The number of nitrogens with one attached hydrogen (secondary N) is 1. The van der Waals surface area contributed by atoms with Crippen molar-refractivity contribution in [1.29, 1.82) is 0 Å². The van der Waals surface area contributed by atoms with E-state index in [0.29, 0.717) is 18.7 Å². The van der Waals surface area contributed by atoms with Crippen LogP contribution in [0.1, 0.15) is 40.9 Å². The quantitative estimate of drug-likeness (QED) is 0.753. The molecular formula is C24H25N3O5. The first-order valence-corrected chi connectivity index (χ1v) is 10.8. The number of hydrogen-bond donors (Lipinski definition) is 2. The van der Waals surface area contributed by atoms with Gasteiger partial charge in [-0.25, -0.2) is 0 Å². The summed E-state index contributed by atoms with van der Waals surface area (Å²) in [6, 6.07) is 13.0. The molecule has 5 rings (SSSR count). The molecule has 2 aromatic rings. The number of likely N-dealkylation sites (tertiary alicyclic amines) is 1. The Morgan fingerprint density at radius 3 is 2.72 bits per heavy atom. The zero-order chi connectivity index (χ0) is 22.4. The average molecular weight is 435 g/mol. The fourth-order valence-electron chi connectivity index (χ4n) is 4.82. The Morgan fingerprint density at radius 1 is 1.16 bits per heavy atom. The van der Waals surface area contributed by atoms with Gasteiger partial charge < -0.3 is 25.0 Å². The molecule has 3 aliphatic rings. The molecular weight excluding hydrogens is 410 g/mol. The third kappa shape index (κ3) is 3.40. The standard InChI is InChI=1S/C24H25N3O5/c1-14(26-11-15-6-2-3-7-17(15)24(26)31)23(30)27-12-16(28)10-20(27)22(29)25-19-13-32-21-9-5-4-8-18(19)21/h2-9,14,16,19-20,28H,10-13H2,1H3,(H,25,29)/t14-,16+,19+,20-/m0/s1. The van der Waals surface area contributed by atoms with E-state index >= 15 is 0 Å².